The van der Waals surface area contributed by atoms with Gasteiger partial charge in [-0.3, -0.25) is 0 Å². The average molecular weight is 763 g/mol. The van der Waals surface area contributed by atoms with E-state index in [-0.39, 0.29) is 0 Å². The van der Waals surface area contributed by atoms with E-state index in [2.05, 4.69) is 41.5 Å². The SMILES string of the molecule is COc1ccc(CNc2nc(CCl)ns2)c(OC)c1.COc1ccc(CNc2nc(Cc3ccccc3)ns2)c(OC)c1.OB(O)c1ccccc1. The van der Waals surface area contributed by atoms with Crippen LogP contribution in [0.2, 0.25) is 0 Å². The van der Waals surface area contributed by atoms with Crippen molar-refractivity contribution in [1.82, 2.24) is 18.7 Å². The highest BCUT2D eigenvalue weighted by Crippen LogP contribution is 2.27. The number of anilines is 2. The van der Waals surface area contributed by atoms with Gasteiger partial charge in [0.2, 0.25) is 10.3 Å². The van der Waals surface area contributed by atoms with E-state index >= 15 is 0 Å². The molecule has 2 heterocycles. The minimum atomic E-state index is -1.34. The predicted molar refractivity (Wildman–Crippen MR) is 209 cm³/mol. The summed E-state index contributed by atoms with van der Waals surface area (Å²) in [5.74, 6) is 4.89. The first-order chi connectivity index (χ1) is 25.3. The summed E-state index contributed by atoms with van der Waals surface area (Å²) in [5, 5.41) is 25.2. The molecule has 0 spiro atoms. The largest absolute Gasteiger partial charge is 0.497 e. The summed E-state index contributed by atoms with van der Waals surface area (Å²) < 4.78 is 29.6. The maximum absolute atomic E-state index is 8.58. The molecular formula is C36H40BClN6O6S2. The number of rotatable bonds is 14. The van der Waals surface area contributed by atoms with Gasteiger partial charge < -0.3 is 39.6 Å². The second kappa shape index (κ2) is 21.4. The summed E-state index contributed by atoms with van der Waals surface area (Å²) >= 11 is 8.32. The number of halogens is 1. The molecule has 0 aliphatic carbocycles. The van der Waals surface area contributed by atoms with Gasteiger partial charge in [0.05, 0.1) is 34.3 Å². The van der Waals surface area contributed by atoms with Crippen LogP contribution in [0.25, 0.3) is 0 Å². The van der Waals surface area contributed by atoms with E-state index in [0.29, 0.717) is 30.3 Å². The van der Waals surface area contributed by atoms with Crippen LogP contribution in [0.1, 0.15) is 28.3 Å². The lowest BCUT2D eigenvalue weighted by molar-refractivity contribution is 0.391. The number of nitrogens with zero attached hydrogens (tertiary/aromatic N) is 4. The van der Waals surface area contributed by atoms with E-state index in [4.69, 9.17) is 40.6 Å². The molecule has 52 heavy (non-hydrogen) atoms. The summed E-state index contributed by atoms with van der Waals surface area (Å²) in [5.41, 5.74) is 3.79. The summed E-state index contributed by atoms with van der Waals surface area (Å²) in [6, 6.07) is 30.3. The molecule has 272 valence electrons. The first-order valence-corrected chi connectivity index (χ1v) is 18.0. The number of nitrogens with one attached hydrogen (secondary N) is 2. The Bertz CT molecular complexity index is 1920. The van der Waals surface area contributed by atoms with Crippen molar-refractivity contribution < 1.29 is 29.0 Å². The van der Waals surface area contributed by atoms with Crippen molar-refractivity contribution >= 4 is 57.5 Å². The highest BCUT2D eigenvalue weighted by molar-refractivity contribution is 7.09. The normalized spacial score (nSPS) is 10.1. The van der Waals surface area contributed by atoms with E-state index in [9.17, 15) is 0 Å². The fourth-order valence-corrected chi connectivity index (χ4v) is 5.87. The molecule has 12 nitrogen and oxygen atoms in total. The van der Waals surface area contributed by atoms with Crippen LogP contribution in [-0.2, 0) is 25.4 Å². The Morgan fingerprint density at radius 1 is 0.635 bits per heavy atom. The van der Waals surface area contributed by atoms with Gasteiger partial charge in [0.1, 0.15) is 28.8 Å². The van der Waals surface area contributed by atoms with E-state index in [1.54, 1.807) is 52.7 Å². The second-order valence-corrected chi connectivity index (χ2v) is 12.4. The summed E-state index contributed by atoms with van der Waals surface area (Å²) in [4.78, 5) is 8.77. The molecule has 6 aromatic rings. The van der Waals surface area contributed by atoms with Crippen molar-refractivity contribution in [3.05, 3.63) is 125 Å². The third kappa shape index (κ3) is 12.7. The van der Waals surface area contributed by atoms with Gasteiger partial charge in [-0.2, -0.15) is 8.75 Å². The van der Waals surface area contributed by atoms with Crippen LogP contribution >= 0.6 is 34.7 Å². The van der Waals surface area contributed by atoms with Gasteiger partial charge >= 0.3 is 7.12 Å². The van der Waals surface area contributed by atoms with Gasteiger partial charge in [0, 0.05) is 65.8 Å². The van der Waals surface area contributed by atoms with Crippen LogP contribution < -0.4 is 35.0 Å². The van der Waals surface area contributed by atoms with Crippen LogP contribution in [0.15, 0.2) is 97.1 Å². The first kappa shape index (κ1) is 39.9. The third-order valence-corrected chi connectivity index (χ3v) is 8.87. The number of ether oxygens (including phenoxy) is 4. The van der Waals surface area contributed by atoms with Gasteiger partial charge in [-0.1, -0.05) is 60.7 Å². The highest BCUT2D eigenvalue weighted by Gasteiger charge is 2.10. The van der Waals surface area contributed by atoms with Crippen molar-refractivity contribution in [3.8, 4) is 23.0 Å². The molecule has 0 aliphatic heterocycles. The smallest absolute Gasteiger partial charge is 0.488 e. The molecule has 0 fully saturated rings. The van der Waals surface area contributed by atoms with Gasteiger partial charge in [-0.05, 0) is 35.3 Å². The summed E-state index contributed by atoms with van der Waals surface area (Å²) in [6.07, 6.45) is 0.741. The molecule has 4 aromatic carbocycles. The topological polar surface area (TPSA) is 153 Å². The minimum Gasteiger partial charge on any atom is -0.497 e. The Balaban J connectivity index is 0.000000192. The summed E-state index contributed by atoms with van der Waals surface area (Å²) in [6.45, 7) is 1.22. The molecule has 4 N–H and O–H groups in total. The zero-order valence-electron chi connectivity index (χ0n) is 29.2. The molecule has 0 saturated heterocycles. The fourth-order valence-electron chi connectivity index (χ4n) is 4.52. The van der Waals surface area contributed by atoms with E-state index in [1.807, 2.05) is 60.7 Å². The Morgan fingerprint density at radius 3 is 1.54 bits per heavy atom. The molecular weight excluding hydrogens is 723 g/mol. The molecule has 6 rings (SSSR count). The first-order valence-electron chi connectivity index (χ1n) is 15.9. The monoisotopic (exact) mass is 762 g/mol. The molecule has 2 aromatic heterocycles. The molecule has 16 heteroatoms. The van der Waals surface area contributed by atoms with Crippen LogP contribution in [0.4, 0.5) is 10.3 Å². The number of hydrogen-bond acceptors (Lipinski definition) is 14. The third-order valence-electron chi connectivity index (χ3n) is 7.21. The number of alkyl halides is 1. The maximum Gasteiger partial charge on any atom is 0.488 e. The number of hydrogen-bond donors (Lipinski definition) is 4. The van der Waals surface area contributed by atoms with E-state index in [0.717, 1.165) is 56.6 Å². The second-order valence-electron chi connectivity index (χ2n) is 10.7. The van der Waals surface area contributed by atoms with Crippen LogP contribution in [0, 0.1) is 0 Å². The molecule has 0 bridgehead atoms. The zero-order valence-corrected chi connectivity index (χ0v) is 31.5. The van der Waals surface area contributed by atoms with E-state index < -0.39 is 7.12 Å². The Kier molecular flexibility index (Phi) is 16.4. The number of methoxy groups -OCH3 is 4. The van der Waals surface area contributed by atoms with Crippen LogP contribution in [-0.4, -0.2) is 64.3 Å². The molecule has 0 radical (unpaired) electrons. The Morgan fingerprint density at radius 2 is 1.12 bits per heavy atom. The quantitative estimate of drug-likeness (QED) is 0.0757. The van der Waals surface area contributed by atoms with Crippen molar-refractivity contribution in [2.75, 3.05) is 39.1 Å². The highest BCUT2D eigenvalue weighted by atomic mass is 35.5. The predicted octanol–water partition coefficient (Wildman–Crippen LogP) is 6.03. The molecule has 0 saturated carbocycles. The zero-order chi connectivity index (χ0) is 37.1. The standard InChI is InChI=1S/C18H19N3O2S.C12H14ClN3O2S.C6H7BO2/c1-22-15-9-8-14(16(11-15)23-2)12-19-18-20-17(21-24-18)10-13-6-4-3-5-7-13;1-17-9-4-3-8(10(5-9)18-2)7-14-12-15-11(6-13)16-19-12;8-7(9)6-4-2-1-3-5-6/h3-9,11H,10,12H2,1-2H3,(H,19,20,21);3-5H,6-7H2,1-2H3,(H,14,15,16);1-5,8-9H. The maximum atomic E-state index is 8.58. The van der Waals surface area contributed by atoms with E-state index in [1.165, 1.54) is 28.6 Å². The van der Waals surface area contributed by atoms with Gasteiger partial charge in [-0.15, -0.1) is 11.6 Å². The van der Waals surface area contributed by atoms with Crippen molar-refractivity contribution in [2.45, 2.75) is 25.4 Å². The minimum absolute atomic E-state index is 0.323. The lowest BCUT2D eigenvalue weighted by Gasteiger charge is -2.10. The van der Waals surface area contributed by atoms with Crippen molar-refractivity contribution in [2.24, 2.45) is 0 Å². The van der Waals surface area contributed by atoms with Crippen LogP contribution in [0.3, 0.4) is 0 Å². The molecule has 0 unspecified atom stereocenters. The number of aromatic nitrogens is 4. The van der Waals surface area contributed by atoms with Gasteiger partial charge in [-0.25, -0.2) is 9.97 Å². The lowest BCUT2D eigenvalue weighted by atomic mass is 9.81. The lowest BCUT2D eigenvalue weighted by Crippen LogP contribution is -2.29. The number of benzene rings is 4. The van der Waals surface area contributed by atoms with Gasteiger partial charge in [0.15, 0.2) is 5.82 Å². The molecule has 0 amide bonds. The van der Waals surface area contributed by atoms with Crippen LogP contribution in [0.5, 0.6) is 23.0 Å². The van der Waals surface area contributed by atoms with Gasteiger partial charge in [0.25, 0.3) is 0 Å². The molecule has 0 aliphatic rings. The van der Waals surface area contributed by atoms with Crippen molar-refractivity contribution in [1.29, 1.82) is 0 Å². The Labute approximate surface area is 316 Å². The summed E-state index contributed by atoms with van der Waals surface area (Å²) in [7, 11) is 5.21. The average Bonchev–Trinajstić information content (AvgIpc) is 3.86. The fraction of sp³-hybridized carbons (Fsp3) is 0.222. The molecule has 0 atom stereocenters. The Hall–Kier alpha value is -4.93. The van der Waals surface area contributed by atoms with Crippen molar-refractivity contribution in [3.63, 3.8) is 0 Å².